The molecule has 21 heavy (non-hydrogen) atoms. The molecule has 1 aromatic rings. The van der Waals surface area contributed by atoms with E-state index in [1.165, 1.54) is 11.3 Å². The first-order valence-electron chi connectivity index (χ1n) is 7.26. The van der Waals surface area contributed by atoms with Gasteiger partial charge in [0.25, 0.3) is 0 Å². The second-order valence-electron chi connectivity index (χ2n) is 5.11. The highest BCUT2D eigenvalue weighted by Crippen LogP contribution is 2.22. The first-order valence-corrected chi connectivity index (χ1v) is 8.14. The Bertz CT molecular complexity index is 466. The number of likely N-dealkylation sites (tertiary alicyclic amines) is 1. The van der Waals surface area contributed by atoms with Crippen LogP contribution in [0.25, 0.3) is 0 Å². The van der Waals surface area contributed by atoms with E-state index < -0.39 is 0 Å². The van der Waals surface area contributed by atoms with Crippen molar-refractivity contribution in [1.29, 1.82) is 0 Å². The number of rotatable bonds is 6. The molecule has 0 amide bonds. The van der Waals surface area contributed by atoms with Gasteiger partial charge >= 0.3 is 5.97 Å². The highest BCUT2D eigenvalue weighted by molar-refractivity contribution is 7.11. The first-order chi connectivity index (χ1) is 10.2. The third-order valence-corrected chi connectivity index (χ3v) is 4.63. The number of carbonyl (C=O) groups is 1. The highest BCUT2D eigenvalue weighted by atomic mass is 32.1. The number of ether oxygens (including phenoxy) is 2. The fourth-order valence-corrected chi connectivity index (χ4v) is 3.30. The predicted octanol–water partition coefficient (Wildman–Crippen LogP) is 1.26. The van der Waals surface area contributed by atoms with Gasteiger partial charge in [-0.15, -0.1) is 11.3 Å². The van der Waals surface area contributed by atoms with Gasteiger partial charge in [0.2, 0.25) is 5.01 Å². The third kappa shape index (κ3) is 4.23. The van der Waals surface area contributed by atoms with Crippen molar-refractivity contribution in [3.05, 3.63) is 16.1 Å². The fourth-order valence-electron chi connectivity index (χ4n) is 2.60. The summed E-state index contributed by atoms with van der Waals surface area (Å²) >= 11 is 1.33. The van der Waals surface area contributed by atoms with Gasteiger partial charge in [0.15, 0.2) is 0 Å². The molecule has 1 aliphatic rings. The van der Waals surface area contributed by atoms with Crippen molar-refractivity contribution in [3.63, 3.8) is 0 Å². The van der Waals surface area contributed by atoms with Crippen molar-refractivity contribution in [2.75, 3.05) is 26.8 Å². The number of hydrogen-bond acceptors (Lipinski definition) is 7. The molecule has 0 aromatic carbocycles. The van der Waals surface area contributed by atoms with E-state index in [2.05, 4.69) is 9.88 Å². The summed E-state index contributed by atoms with van der Waals surface area (Å²) in [5.41, 5.74) is 6.77. The molecule has 2 heterocycles. The lowest BCUT2D eigenvalue weighted by Gasteiger charge is -2.38. The Balaban J connectivity index is 1.96. The molecule has 2 atom stereocenters. The first kappa shape index (κ1) is 16.4. The molecular weight excluding hydrogens is 290 g/mol. The molecule has 0 aliphatic carbocycles. The Kier molecular flexibility index (Phi) is 6.10. The molecule has 0 spiro atoms. The SMILES string of the molecule is CCOC(=O)c1nc(CN2CCC(OC)CC2CN)cs1. The average Bonchev–Trinajstić information content (AvgIpc) is 2.96. The van der Waals surface area contributed by atoms with Gasteiger partial charge in [-0.05, 0) is 19.8 Å². The van der Waals surface area contributed by atoms with Crippen LogP contribution < -0.4 is 5.73 Å². The van der Waals surface area contributed by atoms with Gasteiger partial charge < -0.3 is 15.2 Å². The van der Waals surface area contributed by atoms with Crippen LogP contribution in [-0.2, 0) is 16.0 Å². The van der Waals surface area contributed by atoms with E-state index in [1.54, 1.807) is 14.0 Å². The fraction of sp³-hybridized carbons (Fsp3) is 0.714. The zero-order valence-electron chi connectivity index (χ0n) is 12.6. The van der Waals surface area contributed by atoms with Crippen molar-refractivity contribution in [2.45, 2.75) is 38.5 Å². The molecule has 0 radical (unpaired) electrons. The van der Waals surface area contributed by atoms with E-state index >= 15 is 0 Å². The van der Waals surface area contributed by atoms with Crippen LogP contribution in [0.4, 0.5) is 0 Å². The van der Waals surface area contributed by atoms with Crippen LogP contribution in [0.15, 0.2) is 5.38 Å². The van der Waals surface area contributed by atoms with Crippen LogP contribution in [0.3, 0.4) is 0 Å². The molecule has 1 aliphatic heterocycles. The maximum atomic E-state index is 11.6. The summed E-state index contributed by atoms with van der Waals surface area (Å²) in [6, 6.07) is 0.302. The van der Waals surface area contributed by atoms with E-state index in [-0.39, 0.29) is 5.97 Å². The number of aromatic nitrogens is 1. The molecule has 1 saturated heterocycles. The van der Waals surface area contributed by atoms with Crippen LogP contribution >= 0.6 is 11.3 Å². The van der Waals surface area contributed by atoms with E-state index in [9.17, 15) is 4.79 Å². The number of esters is 1. The number of nitrogens with zero attached hydrogens (tertiary/aromatic N) is 2. The Morgan fingerprint density at radius 3 is 3.10 bits per heavy atom. The maximum Gasteiger partial charge on any atom is 0.367 e. The Morgan fingerprint density at radius 2 is 2.43 bits per heavy atom. The summed E-state index contributed by atoms with van der Waals surface area (Å²) in [5, 5.41) is 2.34. The van der Waals surface area contributed by atoms with E-state index in [4.69, 9.17) is 15.2 Å². The van der Waals surface area contributed by atoms with Crippen molar-refractivity contribution in [2.24, 2.45) is 5.73 Å². The van der Waals surface area contributed by atoms with E-state index in [1.807, 2.05) is 5.38 Å². The summed E-state index contributed by atoms with van der Waals surface area (Å²) in [6.45, 7) is 4.42. The summed E-state index contributed by atoms with van der Waals surface area (Å²) in [4.78, 5) is 18.3. The lowest BCUT2D eigenvalue weighted by Crippen LogP contribution is -2.48. The normalized spacial score (nSPS) is 23.2. The minimum absolute atomic E-state index is 0.292. The molecule has 118 valence electrons. The number of hydrogen-bond donors (Lipinski definition) is 1. The summed E-state index contributed by atoms with van der Waals surface area (Å²) in [7, 11) is 1.75. The second kappa shape index (κ2) is 7.84. The van der Waals surface area contributed by atoms with Crippen molar-refractivity contribution < 1.29 is 14.3 Å². The van der Waals surface area contributed by atoms with Crippen LogP contribution in [0.5, 0.6) is 0 Å². The number of carbonyl (C=O) groups excluding carboxylic acids is 1. The van der Waals surface area contributed by atoms with Crippen molar-refractivity contribution >= 4 is 17.3 Å². The lowest BCUT2D eigenvalue weighted by molar-refractivity contribution is 0.00982. The molecule has 7 heteroatoms. The van der Waals surface area contributed by atoms with Gasteiger partial charge in [-0.2, -0.15) is 0 Å². The van der Waals surface area contributed by atoms with Gasteiger partial charge in [-0.3, -0.25) is 4.90 Å². The highest BCUT2D eigenvalue weighted by Gasteiger charge is 2.28. The van der Waals surface area contributed by atoms with Gasteiger partial charge in [-0.1, -0.05) is 0 Å². The summed E-state index contributed by atoms with van der Waals surface area (Å²) in [5.74, 6) is -0.345. The molecule has 0 bridgehead atoms. The zero-order valence-corrected chi connectivity index (χ0v) is 13.4. The van der Waals surface area contributed by atoms with Gasteiger partial charge in [-0.25, -0.2) is 9.78 Å². The van der Waals surface area contributed by atoms with Crippen LogP contribution in [-0.4, -0.2) is 54.8 Å². The number of piperidine rings is 1. The largest absolute Gasteiger partial charge is 0.461 e. The van der Waals surface area contributed by atoms with Crippen molar-refractivity contribution in [1.82, 2.24) is 9.88 Å². The number of nitrogens with two attached hydrogens (primary N) is 1. The van der Waals surface area contributed by atoms with Crippen LogP contribution in [0.2, 0.25) is 0 Å². The Hall–Kier alpha value is -1.02. The van der Waals surface area contributed by atoms with E-state index in [0.717, 1.165) is 25.1 Å². The third-order valence-electron chi connectivity index (χ3n) is 3.76. The minimum atomic E-state index is -0.345. The van der Waals surface area contributed by atoms with E-state index in [0.29, 0.717) is 36.8 Å². The topological polar surface area (TPSA) is 77.7 Å². The van der Waals surface area contributed by atoms with Gasteiger partial charge in [0.05, 0.1) is 18.4 Å². The standard InChI is InChI=1S/C14H23N3O3S/c1-3-20-14(18)13-16-10(9-21-13)8-17-5-4-12(19-2)6-11(17)7-15/h9,11-12H,3-8,15H2,1-2H3. The minimum Gasteiger partial charge on any atom is -0.461 e. The monoisotopic (exact) mass is 313 g/mol. The second-order valence-corrected chi connectivity index (χ2v) is 5.96. The van der Waals surface area contributed by atoms with Gasteiger partial charge in [0.1, 0.15) is 0 Å². The predicted molar refractivity (Wildman–Crippen MR) is 81.4 cm³/mol. The lowest BCUT2D eigenvalue weighted by atomic mass is 9.99. The molecule has 1 aromatic heterocycles. The number of thiazole rings is 1. The molecule has 2 N–H and O–H groups in total. The summed E-state index contributed by atoms with van der Waals surface area (Å²) in [6.07, 6.45) is 2.24. The Morgan fingerprint density at radius 1 is 1.62 bits per heavy atom. The molecule has 6 nitrogen and oxygen atoms in total. The Labute approximate surface area is 129 Å². The average molecular weight is 313 g/mol. The molecule has 1 fully saturated rings. The van der Waals surface area contributed by atoms with Gasteiger partial charge in [0, 0.05) is 38.2 Å². The molecule has 2 unspecified atom stereocenters. The zero-order chi connectivity index (χ0) is 15.2. The van der Waals surface area contributed by atoms with Crippen LogP contribution in [0, 0.1) is 0 Å². The quantitative estimate of drug-likeness (QED) is 0.797. The molecule has 0 saturated carbocycles. The smallest absolute Gasteiger partial charge is 0.367 e. The molecular formula is C14H23N3O3S. The van der Waals surface area contributed by atoms with Crippen molar-refractivity contribution in [3.8, 4) is 0 Å². The molecule has 2 rings (SSSR count). The van der Waals surface area contributed by atoms with Crippen LogP contribution in [0.1, 0.15) is 35.3 Å². The number of methoxy groups -OCH3 is 1. The summed E-state index contributed by atoms with van der Waals surface area (Å²) < 4.78 is 10.4. The maximum absolute atomic E-state index is 11.6.